The summed E-state index contributed by atoms with van der Waals surface area (Å²) < 4.78 is 1.82. The summed E-state index contributed by atoms with van der Waals surface area (Å²) in [6.07, 6.45) is 7.48. The van der Waals surface area contributed by atoms with Crippen LogP contribution in [0.3, 0.4) is 0 Å². The maximum Gasteiger partial charge on any atom is 0.264 e. The van der Waals surface area contributed by atoms with Crippen molar-refractivity contribution in [1.29, 1.82) is 0 Å². The molecule has 1 aromatic carbocycles. The van der Waals surface area contributed by atoms with E-state index in [2.05, 4.69) is 24.0 Å². The van der Waals surface area contributed by atoms with E-state index in [-0.39, 0.29) is 11.5 Å². The number of thiophene rings is 1. The summed E-state index contributed by atoms with van der Waals surface area (Å²) in [6, 6.07) is 12.0. The molecule has 4 aromatic rings. The zero-order valence-electron chi connectivity index (χ0n) is 19.6. The lowest BCUT2D eigenvalue weighted by atomic mass is 10.1. The van der Waals surface area contributed by atoms with Gasteiger partial charge < -0.3 is 4.90 Å². The zero-order valence-corrected chi connectivity index (χ0v) is 20.4. The number of aryl methyl sites for hydroxylation is 3. The quantitative estimate of drug-likeness (QED) is 0.408. The Bertz CT molecular complexity index is 1410. The van der Waals surface area contributed by atoms with Crippen molar-refractivity contribution in [3.05, 3.63) is 92.1 Å². The minimum atomic E-state index is -0.0767. The van der Waals surface area contributed by atoms with E-state index in [0.29, 0.717) is 34.7 Å². The van der Waals surface area contributed by atoms with Crippen LogP contribution in [0.5, 0.6) is 0 Å². The molecular formula is C27H28N4O2S. The number of benzene rings is 1. The second-order valence-electron chi connectivity index (χ2n) is 8.98. The van der Waals surface area contributed by atoms with Gasteiger partial charge in [0.25, 0.3) is 11.5 Å². The highest BCUT2D eigenvalue weighted by Gasteiger charge is 2.26. The predicted molar refractivity (Wildman–Crippen MR) is 135 cm³/mol. The summed E-state index contributed by atoms with van der Waals surface area (Å²) in [4.78, 5) is 39.5. The van der Waals surface area contributed by atoms with Crippen molar-refractivity contribution in [2.75, 3.05) is 0 Å². The van der Waals surface area contributed by atoms with Crippen LogP contribution in [-0.2, 0) is 26.1 Å². The summed E-state index contributed by atoms with van der Waals surface area (Å²) in [5, 5.41) is 0.594. The fourth-order valence-corrected chi connectivity index (χ4v) is 5.82. The molecule has 3 aromatic heterocycles. The molecule has 174 valence electrons. The van der Waals surface area contributed by atoms with Crippen LogP contribution in [0, 0.1) is 13.8 Å². The van der Waals surface area contributed by atoms with Gasteiger partial charge in [-0.1, -0.05) is 36.8 Å². The third-order valence-electron chi connectivity index (χ3n) is 6.61. The molecule has 7 heteroatoms. The molecule has 0 bridgehead atoms. The molecule has 0 atom stereocenters. The standard InChI is InChI=1S/C27H28N4O2S/c1-18-9-5-6-11-21(18)17-30(16-20-10-8-13-28-15-20)27(33)24-19(2)23-25(34-24)29-22-12-4-3-7-14-31(22)26(23)32/h5-6,8-11,13,15H,3-4,7,12,14,16-17H2,1-2H3. The Balaban J connectivity index is 1.57. The van der Waals surface area contributed by atoms with Gasteiger partial charge in [-0.05, 0) is 55.0 Å². The smallest absolute Gasteiger partial charge is 0.264 e. The van der Waals surface area contributed by atoms with Crippen molar-refractivity contribution in [1.82, 2.24) is 19.4 Å². The molecule has 0 spiro atoms. The van der Waals surface area contributed by atoms with Gasteiger partial charge in [0.2, 0.25) is 0 Å². The van der Waals surface area contributed by atoms with Crippen LogP contribution in [0.25, 0.3) is 10.2 Å². The highest BCUT2D eigenvalue weighted by molar-refractivity contribution is 7.20. The van der Waals surface area contributed by atoms with Gasteiger partial charge in [0.15, 0.2) is 0 Å². The minimum absolute atomic E-state index is 0.00702. The molecular weight excluding hydrogens is 444 g/mol. The number of aromatic nitrogens is 3. The van der Waals surface area contributed by atoms with Crippen LogP contribution in [0.1, 0.15) is 57.0 Å². The molecule has 1 aliphatic heterocycles. The van der Waals surface area contributed by atoms with Crippen molar-refractivity contribution >= 4 is 27.5 Å². The van der Waals surface area contributed by atoms with Crippen molar-refractivity contribution in [2.45, 2.75) is 59.2 Å². The second kappa shape index (κ2) is 9.50. The van der Waals surface area contributed by atoms with Gasteiger partial charge in [0.05, 0.1) is 10.3 Å². The first-order chi connectivity index (χ1) is 16.5. The van der Waals surface area contributed by atoms with E-state index in [4.69, 9.17) is 4.98 Å². The van der Waals surface area contributed by atoms with Gasteiger partial charge in [0, 0.05) is 38.4 Å². The van der Waals surface area contributed by atoms with E-state index >= 15 is 0 Å². The van der Waals surface area contributed by atoms with Crippen LogP contribution < -0.4 is 5.56 Å². The molecule has 34 heavy (non-hydrogen) atoms. The molecule has 1 amide bonds. The number of pyridine rings is 1. The van der Waals surface area contributed by atoms with Crippen molar-refractivity contribution in [3.63, 3.8) is 0 Å². The lowest BCUT2D eigenvalue weighted by Crippen LogP contribution is -2.30. The molecule has 0 unspecified atom stereocenters. The molecule has 5 rings (SSSR count). The predicted octanol–water partition coefficient (Wildman–Crippen LogP) is 5.04. The Labute approximate surface area is 202 Å². The lowest BCUT2D eigenvalue weighted by Gasteiger charge is -2.23. The third-order valence-corrected chi connectivity index (χ3v) is 7.79. The Kier molecular flexibility index (Phi) is 6.28. The van der Waals surface area contributed by atoms with Gasteiger partial charge >= 0.3 is 0 Å². The van der Waals surface area contributed by atoms with Crippen LogP contribution in [0.2, 0.25) is 0 Å². The number of hydrogen-bond donors (Lipinski definition) is 0. The Morgan fingerprint density at radius 3 is 2.74 bits per heavy atom. The van der Waals surface area contributed by atoms with E-state index < -0.39 is 0 Å². The van der Waals surface area contributed by atoms with Crippen LogP contribution in [-0.4, -0.2) is 25.3 Å². The van der Waals surface area contributed by atoms with Gasteiger partial charge in [-0.2, -0.15) is 0 Å². The summed E-state index contributed by atoms with van der Waals surface area (Å²) >= 11 is 1.35. The highest BCUT2D eigenvalue weighted by Crippen LogP contribution is 2.30. The number of fused-ring (bicyclic) bond motifs is 2. The first-order valence-corrected chi connectivity index (χ1v) is 12.6. The van der Waals surface area contributed by atoms with Gasteiger partial charge in [-0.25, -0.2) is 4.98 Å². The average Bonchev–Trinajstić information content (AvgIpc) is 3.01. The fourth-order valence-electron chi connectivity index (χ4n) is 4.66. The molecule has 0 saturated heterocycles. The molecule has 6 nitrogen and oxygen atoms in total. The Hall–Kier alpha value is -3.32. The normalized spacial score (nSPS) is 13.5. The summed E-state index contributed by atoms with van der Waals surface area (Å²) in [5.74, 6) is 0.773. The van der Waals surface area contributed by atoms with Gasteiger partial charge in [0.1, 0.15) is 10.7 Å². The van der Waals surface area contributed by atoms with E-state index in [0.717, 1.165) is 53.8 Å². The van der Waals surface area contributed by atoms with Crippen molar-refractivity contribution in [3.8, 4) is 0 Å². The third kappa shape index (κ3) is 4.28. The SMILES string of the molecule is Cc1ccccc1CN(Cc1cccnc1)C(=O)c1sc2nc3n(c(=O)c2c1C)CCCCC3. The molecule has 1 aliphatic rings. The largest absolute Gasteiger partial charge is 0.329 e. The number of amides is 1. The summed E-state index contributed by atoms with van der Waals surface area (Å²) in [7, 11) is 0. The van der Waals surface area contributed by atoms with Crippen LogP contribution >= 0.6 is 11.3 Å². The molecule has 0 N–H and O–H groups in total. The number of carbonyl (C=O) groups is 1. The van der Waals surface area contributed by atoms with Crippen LogP contribution in [0.4, 0.5) is 0 Å². The molecule has 0 saturated carbocycles. The summed E-state index contributed by atoms with van der Waals surface area (Å²) in [5.41, 5.74) is 3.94. The molecule has 0 aliphatic carbocycles. The number of carbonyl (C=O) groups excluding carboxylic acids is 1. The minimum Gasteiger partial charge on any atom is -0.329 e. The van der Waals surface area contributed by atoms with E-state index in [1.807, 2.05) is 40.7 Å². The zero-order chi connectivity index (χ0) is 23.7. The monoisotopic (exact) mass is 472 g/mol. The molecule has 0 fully saturated rings. The highest BCUT2D eigenvalue weighted by atomic mass is 32.1. The van der Waals surface area contributed by atoms with Gasteiger partial charge in [-0.15, -0.1) is 11.3 Å². The lowest BCUT2D eigenvalue weighted by molar-refractivity contribution is 0.0734. The second-order valence-corrected chi connectivity index (χ2v) is 9.98. The summed E-state index contributed by atoms with van der Waals surface area (Å²) in [6.45, 7) is 5.57. The Morgan fingerprint density at radius 1 is 1.09 bits per heavy atom. The van der Waals surface area contributed by atoms with E-state index in [9.17, 15) is 9.59 Å². The molecule has 4 heterocycles. The maximum atomic E-state index is 13.9. The maximum absolute atomic E-state index is 13.9. The van der Waals surface area contributed by atoms with Crippen molar-refractivity contribution in [2.24, 2.45) is 0 Å². The van der Waals surface area contributed by atoms with Crippen molar-refractivity contribution < 1.29 is 4.79 Å². The first kappa shape index (κ1) is 22.5. The topological polar surface area (TPSA) is 68.1 Å². The fraction of sp³-hybridized carbons (Fsp3) is 0.333. The van der Waals surface area contributed by atoms with E-state index in [1.54, 1.807) is 12.4 Å². The van der Waals surface area contributed by atoms with Crippen LogP contribution in [0.15, 0.2) is 53.6 Å². The van der Waals surface area contributed by atoms with Gasteiger partial charge in [-0.3, -0.25) is 19.1 Å². The number of nitrogens with zero attached hydrogens (tertiary/aromatic N) is 4. The number of rotatable bonds is 5. The van der Waals surface area contributed by atoms with E-state index in [1.165, 1.54) is 11.3 Å². The first-order valence-electron chi connectivity index (χ1n) is 11.8. The average molecular weight is 473 g/mol. The Morgan fingerprint density at radius 2 is 1.94 bits per heavy atom. The number of hydrogen-bond acceptors (Lipinski definition) is 5. The molecule has 0 radical (unpaired) electrons.